The number of nitrogen functional groups attached to an aromatic ring is 1. The predicted octanol–water partition coefficient (Wildman–Crippen LogP) is 8.97. The minimum absolute atomic E-state index is 0.0408. The van der Waals surface area contributed by atoms with Crippen molar-refractivity contribution in [3.63, 3.8) is 0 Å². The van der Waals surface area contributed by atoms with E-state index in [1.807, 2.05) is 107 Å². The molecule has 16 nitrogen and oxygen atoms in total. The number of alkyl halides is 3. The molecule has 0 saturated carbocycles. The van der Waals surface area contributed by atoms with Crippen LogP contribution in [0.5, 0.6) is 5.75 Å². The topological polar surface area (TPSA) is 207 Å². The smallest absolute Gasteiger partial charge is 0.406 e. The van der Waals surface area contributed by atoms with Crippen molar-refractivity contribution in [2.24, 2.45) is 16.2 Å². The molecule has 410 valence electrons. The van der Waals surface area contributed by atoms with Crippen molar-refractivity contribution < 1.29 is 46.9 Å². The average Bonchev–Trinajstić information content (AvgIpc) is 4.15. The normalized spacial score (nSPS) is 16.8. The van der Waals surface area contributed by atoms with Gasteiger partial charge in [-0.15, -0.1) is 24.5 Å². The highest BCUT2D eigenvalue weighted by atomic mass is 32.1. The number of aryl methyl sites for hydroxylation is 1. The number of amides is 4. The van der Waals surface area contributed by atoms with Gasteiger partial charge < -0.3 is 45.3 Å². The molecule has 4 amide bonds. The van der Waals surface area contributed by atoms with E-state index >= 15 is 0 Å². The van der Waals surface area contributed by atoms with Crippen LogP contribution in [0.4, 0.5) is 24.7 Å². The van der Waals surface area contributed by atoms with Crippen LogP contribution in [0.25, 0.3) is 32.6 Å². The second-order valence-electron chi connectivity index (χ2n) is 23.0. The van der Waals surface area contributed by atoms with Gasteiger partial charge in [0, 0.05) is 55.3 Å². The summed E-state index contributed by atoms with van der Waals surface area (Å²) in [6, 6.07) is 16.8. The average molecular weight is 1080 g/mol. The highest BCUT2D eigenvalue weighted by Gasteiger charge is 2.45. The standard InChI is InChI=1S/C57H68F3N9O7S/c1-33(36-13-15-37(16-14-36)48-34(2)64-32-77-48)65-52(73)44-24-40(70)26-69(44)53(74)49(54(3,4)5)66-45(71)25-55(6,7)29-75-30-56(8,9)28-67-27-42(47-50(61)62-31-63-51(47)67)38-17-18-43-39(23-38)19-20-68(43)46(72)22-35-11-10-12-41(21-35)76-57(58,59)60/h10-18,21,23,27,31-33,40,44,49,70H,19-20,22,24-26,28-30H2,1-9H3,(H,65,73)(H,66,71)(H2,61,62,63)/t33-,40+,44-,49+/m0/s1. The maximum absolute atomic E-state index is 14.4. The monoisotopic (exact) mass is 1080 g/mol. The summed E-state index contributed by atoms with van der Waals surface area (Å²) in [6.07, 6.45) is -1.77. The highest BCUT2D eigenvalue weighted by molar-refractivity contribution is 7.13. The molecule has 2 aliphatic rings. The van der Waals surface area contributed by atoms with Gasteiger partial charge >= 0.3 is 6.36 Å². The lowest BCUT2D eigenvalue weighted by molar-refractivity contribution is -0.274. The number of ether oxygens (including phenoxy) is 2. The van der Waals surface area contributed by atoms with Gasteiger partial charge in [-0.2, -0.15) is 0 Å². The molecule has 5 heterocycles. The van der Waals surface area contributed by atoms with Crippen LogP contribution in [-0.2, 0) is 43.3 Å². The van der Waals surface area contributed by atoms with Crippen molar-refractivity contribution >= 4 is 57.5 Å². The van der Waals surface area contributed by atoms with Crippen molar-refractivity contribution in [2.75, 3.05) is 36.9 Å². The Morgan fingerprint density at radius 1 is 0.909 bits per heavy atom. The van der Waals surface area contributed by atoms with Gasteiger partial charge in [0.05, 0.1) is 53.2 Å². The molecule has 8 rings (SSSR count). The Morgan fingerprint density at radius 3 is 2.31 bits per heavy atom. The minimum Gasteiger partial charge on any atom is -0.406 e. The molecule has 5 N–H and O–H groups in total. The number of fused-ring (bicyclic) bond motifs is 2. The van der Waals surface area contributed by atoms with E-state index in [1.165, 1.54) is 29.4 Å². The molecule has 0 aliphatic carbocycles. The molecule has 0 radical (unpaired) electrons. The number of halogens is 3. The molecule has 77 heavy (non-hydrogen) atoms. The lowest BCUT2D eigenvalue weighted by atomic mass is 9.84. The first-order valence-electron chi connectivity index (χ1n) is 25.7. The first-order chi connectivity index (χ1) is 36.1. The second kappa shape index (κ2) is 22.2. The number of carbonyl (C=O) groups excluding carboxylic acids is 4. The molecule has 20 heteroatoms. The number of anilines is 2. The maximum Gasteiger partial charge on any atom is 0.573 e. The molecule has 3 aromatic carbocycles. The van der Waals surface area contributed by atoms with Crippen molar-refractivity contribution in [1.82, 2.24) is 35.1 Å². The van der Waals surface area contributed by atoms with E-state index in [-0.39, 0.29) is 61.9 Å². The fourth-order valence-corrected chi connectivity index (χ4v) is 11.1. The fraction of sp³-hybridized carbons (Fsp3) is 0.456. The molecule has 1 saturated heterocycles. The van der Waals surface area contributed by atoms with Crippen LogP contribution in [0.15, 0.2) is 84.8 Å². The number of rotatable bonds is 18. The number of β-amino-alcohol motifs (C(OH)–C–C–N with tert-alkyl or cyclic N) is 1. The van der Waals surface area contributed by atoms with Gasteiger partial charge in [-0.25, -0.2) is 15.0 Å². The lowest BCUT2D eigenvalue weighted by Gasteiger charge is -2.36. The third-order valence-electron chi connectivity index (χ3n) is 14.0. The summed E-state index contributed by atoms with van der Waals surface area (Å²) in [4.78, 5) is 73.0. The van der Waals surface area contributed by atoms with E-state index < -0.39 is 46.7 Å². The van der Waals surface area contributed by atoms with Crippen LogP contribution < -0.4 is 26.0 Å². The van der Waals surface area contributed by atoms with E-state index in [9.17, 15) is 37.5 Å². The van der Waals surface area contributed by atoms with Gasteiger partial charge in [-0.1, -0.05) is 90.9 Å². The van der Waals surface area contributed by atoms with E-state index in [1.54, 1.807) is 22.3 Å². The van der Waals surface area contributed by atoms with Crippen LogP contribution in [0.3, 0.4) is 0 Å². The summed E-state index contributed by atoms with van der Waals surface area (Å²) in [5.74, 6) is -1.51. The molecule has 0 unspecified atom stereocenters. The van der Waals surface area contributed by atoms with Crippen LogP contribution in [0.1, 0.15) is 96.7 Å². The third-order valence-corrected chi connectivity index (χ3v) is 15.0. The first kappa shape index (κ1) is 56.3. The molecule has 3 aromatic heterocycles. The zero-order valence-electron chi connectivity index (χ0n) is 45.0. The SMILES string of the molecule is Cc1ncsc1-c1ccc([C@H](C)NC(=O)[C@@H]2C[C@@H](O)CN2C(=O)[C@@H](NC(=O)CC(C)(C)COCC(C)(C)Cn2cc(-c3ccc4c(c3)CCN4C(=O)Cc3cccc(OC(F)(F)F)c3)c3c(N)ncnc32)C(C)(C)C)cc1. The Balaban J connectivity index is 0.868. The molecule has 2 aliphatic heterocycles. The summed E-state index contributed by atoms with van der Waals surface area (Å²) < 4.78 is 51.0. The summed E-state index contributed by atoms with van der Waals surface area (Å²) in [7, 11) is 0. The molecular formula is C57H68F3N9O7S. The number of carbonyl (C=O) groups is 4. The van der Waals surface area contributed by atoms with Gasteiger partial charge in [0.25, 0.3) is 0 Å². The number of aliphatic hydroxyl groups is 1. The van der Waals surface area contributed by atoms with Gasteiger partial charge in [0.15, 0.2) is 0 Å². The van der Waals surface area contributed by atoms with Gasteiger partial charge in [0.2, 0.25) is 23.6 Å². The zero-order valence-corrected chi connectivity index (χ0v) is 45.8. The molecule has 0 bridgehead atoms. The van der Waals surface area contributed by atoms with Crippen molar-refractivity contribution in [2.45, 2.75) is 125 Å². The Bertz CT molecular complexity index is 3150. The Labute approximate surface area is 450 Å². The number of hydrogen-bond acceptors (Lipinski definition) is 12. The van der Waals surface area contributed by atoms with Gasteiger partial charge in [-0.3, -0.25) is 19.2 Å². The number of benzene rings is 3. The van der Waals surface area contributed by atoms with E-state index in [2.05, 4.69) is 44.2 Å². The Hall–Kier alpha value is -6.90. The van der Waals surface area contributed by atoms with E-state index in [4.69, 9.17) is 10.5 Å². The molecule has 4 atom stereocenters. The number of likely N-dealkylation sites (tertiary alicyclic amines) is 1. The maximum atomic E-state index is 14.4. The van der Waals surface area contributed by atoms with Crippen LogP contribution >= 0.6 is 11.3 Å². The zero-order chi connectivity index (χ0) is 55.8. The first-order valence-corrected chi connectivity index (χ1v) is 26.6. The number of aromatic nitrogens is 4. The largest absolute Gasteiger partial charge is 0.573 e. The quantitative estimate of drug-likeness (QED) is 0.0639. The summed E-state index contributed by atoms with van der Waals surface area (Å²) in [5.41, 5.74) is 13.7. The summed E-state index contributed by atoms with van der Waals surface area (Å²) >= 11 is 1.56. The number of thiazole rings is 1. The number of nitrogens with two attached hydrogens (primary N) is 1. The molecule has 6 aromatic rings. The Kier molecular flexibility index (Phi) is 16.2. The number of nitrogens with one attached hydrogen (secondary N) is 2. The third kappa shape index (κ3) is 13.4. The number of aliphatic hydroxyl groups excluding tert-OH is 1. The van der Waals surface area contributed by atoms with E-state index in [0.717, 1.165) is 44.1 Å². The summed E-state index contributed by atoms with van der Waals surface area (Å²) in [5, 5.41) is 17.5. The van der Waals surface area contributed by atoms with Crippen molar-refractivity contribution in [3.8, 4) is 27.3 Å². The fourth-order valence-electron chi connectivity index (χ4n) is 10.3. The van der Waals surface area contributed by atoms with Gasteiger partial charge in [0.1, 0.15) is 35.6 Å². The highest BCUT2D eigenvalue weighted by Crippen LogP contribution is 2.39. The van der Waals surface area contributed by atoms with Crippen LogP contribution in [-0.4, -0.2) is 104 Å². The van der Waals surface area contributed by atoms with Gasteiger partial charge in [-0.05, 0) is 83.2 Å². The van der Waals surface area contributed by atoms with Crippen LogP contribution in [0, 0.1) is 23.2 Å². The number of nitrogens with zero attached hydrogens (tertiary/aromatic N) is 6. The number of hydrogen-bond donors (Lipinski definition) is 4. The summed E-state index contributed by atoms with van der Waals surface area (Å²) in [6.45, 7) is 18.8. The van der Waals surface area contributed by atoms with Crippen molar-refractivity contribution in [3.05, 3.63) is 107 Å². The van der Waals surface area contributed by atoms with Crippen molar-refractivity contribution in [1.29, 1.82) is 0 Å². The molecule has 0 spiro atoms. The van der Waals surface area contributed by atoms with Crippen LogP contribution in [0.2, 0.25) is 0 Å². The second-order valence-corrected chi connectivity index (χ2v) is 23.9. The lowest BCUT2D eigenvalue weighted by Crippen LogP contribution is -2.58. The predicted molar refractivity (Wildman–Crippen MR) is 290 cm³/mol. The molecular weight excluding hydrogens is 1010 g/mol. The minimum atomic E-state index is -4.84. The Morgan fingerprint density at radius 2 is 1.62 bits per heavy atom. The van der Waals surface area contributed by atoms with E-state index in [0.29, 0.717) is 48.5 Å². The molecule has 1 fully saturated rings.